The maximum atomic E-state index is 9.51. The standard InChI is InChI=1S/C4H10N2O3.HNO3/c5-3-1-2-4-9-6(7)8;2-1(3)4/h1-5H2;(H,2,3,4). The van der Waals surface area contributed by atoms with Crippen LogP contribution in [0.3, 0.4) is 0 Å². The number of nitrogens with two attached hydrogens (primary N) is 1. The topological polar surface area (TPSA) is 142 Å². The summed E-state index contributed by atoms with van der Waals surface area (Å²) in [4.78, 5) is 21.9. The third-order valence-corrected chi connectivity index (χ3v) is 0.795. The van der Waals surface area contributed by atoms with E-state index in [1.807, 2.05) is 0 Å². The van der Waals surface area contributed by atoms with E-state index in [9.17, 15) is 10.1 Å². The van der Waals surface area contributed by atoms with Gasteiger partial charge in [-0.3, -0.25) is 0 Å². The van der Waals surface area contributed by atoms with Crippen molar-refractivity contribution in [2.75, 3.05) is 13.2 Å². The Labute approximate surface area is 73.3 Å². The minimum Gasteiger partial charge on any atom is -0.330 e. The van der Waals surface area contributed by atoms with Crippen LogP contribution in [0, 0.1) is 20.2 Å². The highest BCUT2D eigenvalue weighted by Gasteiger charge is 1.91. The van der Waals surface area contributed by atoms with Crippen molar-refractivity contribution in [3.63, 3.8) is 0 Å². The van der Waals surface area contributed by atoms with Gasteiger partial charge in [-0.2, -0.15) is 0 Å². The largest absolute Gasteiger partial charge is 0.330 e. The van der Waals surface area contributed by atoms with Crippen molar-refractivity contribution < 1.29 is 20.2 Å². The quantitative estimate of drug-likeness (QED) is 0.346. The molecule has 0 radical (unpaired) electrons. The summed E-state index contributed by atoms with van der Waals surface area (Å²) < 4.78 is 0. The first-order valence-electron chi connectivity index (χ1n) is 3.31. The molecule has 0 amide bonds. The van der Waals surface area contributed by atoms with Crippen LogP contribution in [-0.4, -0.2) is 28.5 Å². The van der Waals surface area contributed by atoms with E-state index in [4.69, 9.17) is 21.1 Å². The van der Waals surface area contributed by atoms with Crippen LogP contribution in [0.2, 0.25) is 0 Å². The van der Waals surface area contributed by atoms with E-state index in [0.29, 0.717) is 13.0 Å². The molecule has 13 heavy (non-hydrogen) atoms. The molecule has 9 heteroatoms. The van der Waals surface area contributed by atoms with Gasteiger partial charge in [0.2, 0.25) is 0 Å². The van der Waals surface area contributed by atoms with E-state index >= 15 is 0 Å². The fourth-order valence-corrected chi connectivity index (χ4v) is 0.385. The first kappa shape index (κ1) is 13.9. The van der Waals surface area contributed by atoms with Crippen molar-refractivity contribution >= 4 is 0 Å². The molecule has 0 aliphatic heterocycles. The molecule has 0 saturated carbocycles. The molecule has 0 aliphatic carbocycles. The van der Waals surface area contributed by atoms with Crippen LogP contribution in [0.4, 0.5) is 0 Å². The van der Waals surface area contributed by atoms with Crippen LogP contribution < -0.4 is 5.73 Å². The molecular weight excluding hydrogens is 186 g/mol. The molecule has 0 heterocycles. The summed E-state index contributed by atoms with van der Waals surface area (Å²) in [6, 6.07) is 0. The summed E-state index contributed by atoms with van der Waals surface area (Å²) in [5.41, 5.74) is 5.12. The maximum Gasteiger partial charge on any atom is 0.294 e. The van der Waals surface area contributed by atoms with Crippen LogP contribution >= 0.6 is 0 Å². The van der Waals surface area contributed by atoms with Crippen molar-refractivity contribution in [3.8, 4) is 0 Å². The summed E-state index contributed by atoms with van der Waals surface area (Å²) in [5.74, 6) is 0. The minimum absolute atomic E-state index is 0.157. The molecule has 0 atom stereocenters. The molecule has 78 valence electrons. The zero-order valence-corrected chi connectivity index (χ0v) is 6.79. The molecule has 0 bridgehead atoms. The predicted molar refractivity (Wildman–Crippen MR) is 40.0 cm³/mol. The second-order valence-corrected chi connectivity index (χ2v) is 1.79. The van der Waals surface area contributed by atoms with Crippen molar-refractivity contribution in [2.45, 2.75) is 12.8 Å². The van der Waals surface area contributed by atoms with Gasteiger partial charge in [0.05, 0.1) is 6.61 Å². The van der Waals surface area contributed by atoms with Crippen LogP contribution in [0.15, 0.2) is 0 Å². The molecule has 3 N–H and O–H groups in total. The van der Waals surface area contributed by atoms with Gasteiger partial charge in [-0.1, -0.05) is 0 Å². The molecule has 0 spiro atoms. The van der Waals surface area contributed by atoms with Crippen LogP contribution in [0.25, 0.3) is 0 Å². The lowest BCUT2D eigenvalue weighted by Gasteiger charge is -1.94. The molecule has 0 aliphatic rings. The predicted octanol–water partition coefficient (Wildman–Crippen LogP) is -0.414. The Morgan fingerprint density at radius 2 is 1.77 bits per heavy atom. The van der Waals surface area contributed by atoms with Gasteiger partial charge in [0.25, 0.3) is 10.2 Å². The Morgan fingerprint density at radius 1 is 1.31 bits per heavy atom. The number of hydrogen-bond acceptors (Lipinski definition) is 6. The van der Waals surface area contributed by atoms with Crippen molar-refractivity contribution in [1.82, 2.24) is 0 Å². The van der Waals surface area contributed by atoms with Gasteiger partial charge in [0, 0.05) is 0 Å². The maximum absolute atomic E-state index is 9.51. The Hall–Kier alpha value is -1.64. The second-order valence-electron chi connectivity index (χ2n) is 1.79. The number of nitrogens with zero attached hydrogens (tertiary/aromatic N) is 2. The zero-order chi connectivity index (χ0) is 10.7. The molecule has 0 aromatic carbocycles. The van der Waals surface area contributed by atoms with Crippen LogP contribution in [-0.2, 0) is 4.84 Å². The van der Waals surface area contributed by atoms with Gasteiger partial charge in [-0.25, -0.2) is 0 Å². The lowest BCUT2D eigenvalue weighted by Crippen LogP contribution is -2.05. The molecule has 0 unspecified atom stereocenters. The van der Waals surface area contributed by atoms with Crippen molar-refractivity contribution in [1.29, 1.82) is 0 Å². The van der Waals surface area contributed by atoms with E-state index < -0.39 is 10.2 Å². The normalized spacial score (nSPS) is 8.08. The Balaban J connectivity index is 0. The van der Waals surface area contributed by atoms with Gasteiger partial charge >= 0.3 is 0 Å². The Bertz CT molecular complexity index is 147. The lowest BCUT2D eigenvalue weighted by atomic mass is 10.3. The third kappa shape index (κ3) is 38.1. The summed E-state index contributed by atoms with van der Waals surface area (Å²) >= 11 is 0. The molecular formula is C4H11N3O6. The Morgan fingerprint density at radius 3 is 2.08 bits per heavy atom. The summed E-state index contributed by atoms with van der Waals surface area (Å²) in [5, 5.41) is 22.4. The van der Waals surface area contributed by atoms with Gasteiger partial charge in [0.15, 0.2) is 0 Å². The number of hydrogen-bond donors (Lipinski definition) is 2. The summed E-state index contributed by atoms with van der Waals surface area (Å²) in [7, 11) is 0. The average Bonchev–Trinajstić information content (AvgIpc) is 1.97. The molecule has 0 saturated heterocycles. The van der Waals surface area contributed by atoms with Crippen molar-refractivity contribution in [3.05, 3.63) is 20.2 Å². The van der Waals surface area contributed by atoms with E-state index in [2.05, 4.69) is 4.84 Å². The SMILES string of the molecule is NCCCCO[N+](=O)[O-].O=[N+]([O-])O. The fourth-order valence-electron chi connectivity index (χ4n) is 0.385. The molecule has 0 rings (SSSR count). The third-order valence-electron chi connectivity index (χ3n) is 0.795. The highest BCUT2D eigenvalue weighted by atomic mass is 16.9. The molecule has 9 nitrogen and oxygen atoms in total. The first-order chi connectivity index (χ1) is 6.00. The monoisotopic (exact) mass is 197 g/mol. The fraction of sp³-hybridized carbons (Fsp3) is 1.00. The second kappa shape index (κ2) is 10.4. The smallest absolute Gasteiger partial charge is 0.294 e. The van der Waals surface area contributed by atoms with E-state index in [-0.39, 0.29) is 6.61 Å². The van der Waals surface area contributed by atoms with E-state index in [1.165, 1.54) is 0 Å². The molecule has 0 aromatic rings. The van der Waals surface area contributed by atoms with Crippen molar-refractivity contribution in [2.24, 2.45) is 5.73 Å². The van der Waals surface area contributed by atoms with Crippen LogP contribution in [0.1, 0.15) is 12.8 Å². The summed E-state index contributed by atoms with van der Waals surface area (Å²) in [6.07, 6.45) is 1.42. The van der Waals surface area contributed by atoms with Gasteiger partial charge < -0.3 is 15.8 Å². The van der Waals surface area contributed by atoms with Gasteiger partial charge in [-0.15, -0.1) is 20.2 Å². The van der Waals surface area contributed by atoms with E-state index in [1.54, 1.807) is 0 Å². The minimum atomic E-state index is -1.50. The van der Waals surface area contributed by atoms with Crippen LogP contribution in [0.5, 0.6) is 0 Å². The number of rotatable bonds is 5. The van der Waals surface area contributed by atoms with Gasteiger partial charge in [-0.05, 0) is 19.4 Å². The Kier molecular flexibility index (Phi) is 11.1. The first-order valence-corrected chi connectivity index (χ1v) is 3.31. The van der Waals surface area contributed by atoms with E-state index in [0.717, 1.165) is 6.42 Å². The highest BCUT2D eigenvalue weighted by molar-refractivity contribution is 4.35. The van der Waals surface area contributed by atoms with Gasteiger partial charge in [0.1, 0.15) is 0 Å². The highest BCUT2D eigenvalue weighted by Crippen LogP contribution is 1.86. The number of unbranched alkanes of at least 4 members (excludes halogenated alkanes) is 1. The zero-order valence-electron chi connectivity index (χ0n) is 6.79. The molecule has 0 aromatic heterocycles. The average molecular weight is 197 g/mol. The lowest BCUT2D eigenvalue weighted by molar-refractivity contribution is -0.757. The molecule has 0 fully saturated rings. The summed E-state index contributed by atoms with van der Waals surface area (Å²) in [6.45, 7) is 0.714.